The molecule has 1 fully saturated rings. The third-order valence-corrected chi connectivity index (χ3v) is 4.54. The van der Waals surface area contributed by atoms with Gasteiger partial charge < -0.3 is 10.2 Å². The number of carbonyl (C=O) groups excluding carboxylic acids is 2. The number of nitrogens with one attached hydrogen (secondary N) is 2. The van der Waals surface area contributed by atoms with Gasteiger partial charge in [-0.2, -0.15) is 0 Å². The van der Waals surface area contributed by atoms with Crippen LogP contribution in [0.1, 0.15) is 38.8 Å². The summed E-state index contributed by atoms with van der Waals surface area (Å²) in [5.74, 6) is -0.108. The Labute approximate surface area is 138 Å². The second-order valence-corrected chi connectivity index (χ2v) is 7.41. The Kier molecular flexibility index (Phi) is 5.09. The quantitative estimate of drug-likeness (QED) is 0.868. The average molecular weight is 318 g/mol. The first-order chi connectivity index (χ1) is 10.7. The number of rotatable bonds is 4. The number of nitrogens with zero attached hydrogens (tertiary/aromatic N) is 1. The summed E-state index contributed by atoms with van der Waals surface area (Å²) >= 11 is 0. The van der Waals surface area contributed by atoms with Crippen molar-refractivity contribution in [1.82, 2.24) is 10.2 Å². The maximum Gasteiger partial charge on any atom is 0.324 e. The van der Waals surface area contributed by atoms with E-state index in [-0.39, 0.29) is 23.4 Å². The van der Waals surface area contributed by atoms with Gasteiger partial charge in [-0.3, -0.25) is 9.69 Å². The van der Waals surface area contributed by atoms with Crippen LogP contribution in [0.5, 0.6) is 0 Å². The van der Waals surface area contributed by atoms with Gasteiger partial charge >= 0.3 is 6.03 Å². The van der Waals surface area contributed by atoms with Crippen LogP contribution in [0.25, 0.3) is 0 Å². The number of amides is 3. The number of imide groups is 1. The largest absolute Gasteiger partial charge is 0.336 e. The van der Waals surface area contributed by atoms with E-state index in [0.29, 0.717) is 13.1 Å². The third kappa shape index (κ3) is 4.10. The summed E-state index contributed by atoms with van der Waals surface area (Å²) in [6.45, 7) is 10.2. The molecule has 1 aliphatic rings. The fourth-order valence-corrected chi connectivity index (χ4v) is 2.72. The number of hydrogen-bond acceptors (Lipinski definition) is 2. The Bertz CT molecular complexity index is 575. The fourth-order valence-electron chi connectivity index (χ4n) is 2.72. The van der Waals surface area contributed by atoms with E-state index < -0.39 is 0 Å². The van der Waals surface area contributed by atoms with Crippen molar-refractivity contribution in [3.05, 3.63) is 35.4 Å². The third-order valence-electron chi connectivity index (χ3n) is 4.54. The molecular weight excluding hydrogens is 290 g/mol. The van der Waals surface area contributed by atoms with E-state index in [4.69, 9.17) is 0 Å². The van der Waals surface area contributed by atoms with Crippen molar-refractivity contribution in [3.63, 3.8) is 0 Å². The smallest absolute Gasteiger partial charge is 0.324 e. The van der Waals surface area contributed by atoms with Crippen molar-refractivity contribution in [2.75, 3.05) is 20.1 Å². The van der Waals surface area contributed by atoms with Crippen molar-refractivity contribution in [2.45, 2.75) is 45.7 Å². The zero-order valence-corrected chi connectivity index (χ0v) is 14.8. The summed E-state index contributed by atoms with van der Waals surface area (Å²) in [5, 5.41) is 2.67. The first-order valence-electron chi connectivity index (χ1n) is 8.21. The molecule has 0 saturated carbocycles. The summed E-state index contributed by atoms with van der Waals surface area (Å²) < 4.78 is 0. The number of hydrogen-bond donors (Lipinski definition) is 2. The van der Waals surface area contributed by atoms with Crippen LogP contribution in [0.4, 0.5) is 4.79 Å². The normalized spacial score (nSPS) is 17.8. The average Bonchev–Trinajstić information content (AvgIpc) is 2.91. The van der Waals surface area contributed by atoms with Crippen LogP contribution in [0.3, 0.4) is 0 Å². The van der Waals surface area contributed by atoms with Gasteiger partial charge in [0.05, 0.1) is 7.05 Å². The second-order valence-electron chi connectivity index (χ2n) is 7.41. The topological polar surface area (TPSA) is 53.9 Å². The summed E-state index contributed by atoms with van der Waals surface area (Å²) in [4.78, 5) is 26.4. The van der Waals surface area contributed by atoms with E-state index in [0.717, 1.165) is 11.4 Å². The van der Waals surface area contributed by atoms with Crippen LogP contribution in [0, 0.1) is 0 Å². The minimum absolute atomic E-state index is 0.108. The zero-order valence-electron chi connectivity index (χ0n) is 14.8. The molecule has 1 aromatic carbocycles. The lowest BCUT2D eigenvalue weighted by atomic mass is 9.87. The Morgan fingerprint density at radius 3 is 2.39 bits per heavy atom. The van der Waals surface area contributed by atoms with Crippen LogP contribution < -0.4 is 10.2 Å². The highest BCUT2D eigenvalue weighted by molar-refractivity contribution is 5.97. The second kappa shape index (κ2) is 6.71. The molecule has 126 valence electrons. The molecule has 23 heavy (non-hydrogen) atoms. The van der Waals surface area contributed by atoms with Crippen molar-refractivity contribution in [1.29, 1.82) is 0 Å². The van der Waals surface area contributed by atoms with Gasteiger partial charge in [0.15, 0.2) is 6.04 Å². The van der Waals surface area contributed by atoms with Crippen LogP contribution in [0.2, 0.25) is 0 Å². The zero-order chi connectivity index (χ0) is 17.2. The Morgan fingerprint density at radius 1 is 1.30 bits per heavy atom. The Morgan fingerprint density at radius 2 is 1.91 bits per heavy atom. The minimum atomic E-state index is -0.274. The van der Waals surface area contributed by atoms with Gasteiger partial charge in [0.25, 0.3) is 5.91 Å². The van der Waals surface area contributed by atoms with Crippen molar-refractivity contribution in [2.24, 2.45) is 0 Å². The van der Waals surface area contributed by atoms with Gasteiger partial charge in [-0.05, 0) is 17.9 Å². The Balaban J connectivity index is 1.99. The molecule has 1 aromatic rings. The monoisotopic (exact) mass is 318 g/mol. The van der Waals surface area contributed by atoms with Gasteiger partial charge in [0, 0.05) is 18.7 Å². The predicted octanol–water partition coefficient (Wildman–Crippen LogP) is 0.939. The van der Waals surface area contributed by atoms with E-state index >= 15 is 0 Å². The molecule has 0 aliphatic carbocycles. The highest BCUT2D eigenvalue weighted by Crippen LogP contribution is 2.21. The first kappa shape index (κ1) is 17.5. The lowest BCUT2D eigenvalue weighted by molar-refractivity contribution is -0.908. The van der Waals surface area contributed by atoms with E-state index in [1.165, 1.54) is 16.0 Å². The van der Waals surface area contributed by atoms with Crippen LogP contribution in [0.15, 0.2) is 24.3 Å². The number of quaternary nitrogens is 1. The van der Waals surface area contributed by atoms with E-state index in [9.17, 15) is 9.59 Å². The maximum absolute atomic E-state index is 12.4. The molecule has 2 atom stereocenters. The Hall–Kier alpha value is -1.88. The van der Waals surface area contributed by atoms with Gasteiger partial charge in [0.1, 0.15) is 6.54 Å². The van der Waals surface area contributed by atoms with E-state index in [1.54, 1.807) is 0 Å². The number of urea groups is 1. The molecule has 0 radical (unpaired) electrons. The highest BCUT2D eigenvalue weighted by Gasteiger charge is 2.33. The SMILES string of the molecule is C[C@H](C(=O)N1CCNC1=O)[NH+](C)Cc1ccc(C(C)(C)C)cc1. The minimum Gasteiger partial charge on any atom is -0.336 e. The van der Waals surface area contributed by atoms with Crippen molar-refractivity contribution in [3.8, 4) is 0 Å². The lowest BCUT2D eigenvalue weighted by Gasteiger charge is -2.24. The highest BCUT2D eigenvalue weighted by atomic mass is 16.2. The summed E-state index contributed by atoms with van der Waals surface area (Å²) in [7, 11) is 1.99. The van der Waals surface area contributed by atoms with Gasteiger partial charge in [0.2, 0.25) is 0 Å². The molecule has 2 rings (SSSR count). The van der Waals surface area contributed by atoms with Crippen molar-refractivity contribution >= 4 is 11.9 Å². The first-order valence-corrected chi connectivity index (χ1v) is 8.21. The van der Waals surface area contributed by atoms with E-state index in [2.05, 4.69) is 50.4 Å². The fraction of sp³-hybridized carbons (Fsp3) is 0.556. The molecule has 1 saturated heterocycles. The summed E-state index contributed by atoms with van der Waals surface area (Å²) in [6, 6.07) is 8.05. The number of carbonyl (C=O) groups is 2. The predicted molar refractivity (Wildman–Crippen MR) is 90.3 cm³/mol. The van der Waals surface area contributed by atoms with Gasteiger partial charge in [-0.15, -0.1) is 0 Å². The van der Waals surface area contributed by atoms with Crippen LogP contribution >= 0.6 is 0 Å². The lowest BCUT2D eigenvalue weighted by Crippen LogP contribution is -3.12. The molecule has 5 heteroatoms. The standard InChI is InChI=1S/C18H27N3O2/c1-13(16(22)21-11-10-19-17(21)23)20(5)12-14-6-8-15(9-7-14)18(2,3)4/h6-9,13H,10-12H2,1-5H3,(H,19,23)/p+1/t13-/m1/s1. The molecule has 1 unspecified atom stereocenters. The van der Waals surface area contributed by atoms with Crippen molar-refractivity contribution < 1.29 is 14.5 Å². The molecule has 0 aromatic heterocycles. The summed E-state index contributed by atoms with van der Waals surface area (Å²) in [6.07, 6.45) is 0. The molecule has 0 spiro atoms. The van der Waals surface area contributed by atoms with Crippen LogP contribution in [-0.2, 0) is 16.8 Å². The number of benzene rings is 1. The summed E-state index contributed by atoms with van der Waals surface area (Å²) in [5.41, 5.74) is 2.64. The molecule has 0 bridgehead atoms. The molecule has 5 nitrogen and oxygen atoms in total. The van der Waals surface area contributed by atoms with Crippen LogP contribution in [-0.4, -0.2) is 43.0 Å². The van der Waals surface area contributed by atoms with Gasteiger partial charge in [-0.1, -0.05) is 45.0 Å². The number of likely N-dealkylation sites (N-methyl/N-ethyl adjacent to an activating group) is 1. The molecule has 2 N–H and O–H groups in total. The molecule has 1 aliphatic heterocycles. The maximum atomic E-state index is 12.4. The van der Waals surface area contributed by atoms with E-state index in [1.807, 2.05) is 14.0 Å². The molecule has 1 heterocycles. The molecular formula is C18H28N3O2+. The van der Waals surface area contributed by atoms with Gasteiger partial charge in [-0.25, -0.2) is 4.79 Å². The molecule has 3 amide bonds.